The SMILES string of the molecule is COc1cc2c(cc1C(=O)NC(/C=C\C=C(/C)c1nnc3n1CCC3)=C(C)C)CN(C(=O)N1CCCCC1)CC2. The highest BCUT2D eigenvalue weighted by atomic mass is 16.5. The molecule has 0 unspecified atom stereocenters. The third-order valence-electron chi connectivity index (χ3n) is 8.03. The zero-order chi connectivity index (χ0) is 28.2. The Kier molecular flexibility index (Phi) is 8.38. The topological polar surface area (TPSA) is 92.6 Å². The van der Waals surface area contributed by atoms with Crippen molar-refractivity contribution in [1.82, 2.24) is 29.9 Å². The number of urea groups is 1. The summed E-state index contributed by atoms with van der Waals surface area (Å²) in [5.74, 6) is 2.24. The number of fused-ring (bicyclic) bond motifs is 2. The number of carbonyl (C=O) groups is 2. The summed E-state index contributed by atoms with van der Waals surface area (Å²) >= 11 is 0. The fraction of sp³-hybridized carbons (Fsp3) is 0.484. The number of rotatable bonds is 6. The lowest BCUT2D eigenvalue weighted by atomic mass is 9.96. The Labute approximate surface area is 236 Å². The van der Waals surface area contributed by atoms with E-state index in [9.17, 15) is 9.59 Å². The third-order valence-corrected chi connectivity index (χ3v) is 8.03. The first kappa shape index (κ1) is 27.7. The van der Waals surface area contributed by atoms with Crippen LogP contribution < -0.4 is 10.1 Å². The van der Waals surface area contributed by atoms with Crippen LogP contribution in [-0.4, -0.2) is 63.2 Å². The highest BCUT2D eigenvalue weighted by Crippen LogP contribution is 2.29. The minimum absolute atomic E-state index is 0.101. The van der Waals surface area contributed by atoms with Crippen molar-refractivity contribution in [1.29, 1.82) is 0 Å². The summed E-state index contributed by atoms with van der Waals surface area (Å²) in [5.41, 5.74) is 5.31. The Bertz CT molecular complexity index is 1380. The predicted octanol–water partition coefficient (Wildman–Crippen LogP) is 4.88. The lowest BCUT2D eigenvalue weighted by molar-refractivity contribution is 0.0963. The van der Waals surface area contributed by atoms with E-state index in [4.69, 9.17) is 4.74 Å². The first-order valence-corrected chi connectivity index (χ1v) is 14.4. The van der Waals surface area contributed by atoms with Crippen molar-refractivity contribution < 1.29 is 14.3 Å². The van der Waals surface area contributed by atoms with Gasteiger partial charge in [-0.3, -0.25) is 4.79 Å². The van der Waals surface area contributed by atoms with Gasteiger partial charge in [0.2, 0.25) is 0 Å². The molecule has 0 atom stereocenters. The van der Waals surface area contributed by atoms with Crippen molar-refractivity contribution in [3.05, 3.63) is 70.0 Å². The standard InChI is InChI=1S/C31H40N6O3/c1-21(2)26(11-8-10-22(3)29-34-33-28-12-9-16-37(28)29)32-30(38)25-18-24-20-36(17-13-23(24)19-27(25)40-4)31(39)35-14-6-5-7-15-35/h8,10-11,18-19H,5-7,9,12-17,20H2,1-4H3,(H,32,38)/b11-8-,22-10+. The number of allylic oxidation sites excluding steroid dienone is 5. The van der Waals surface area contributed by atoms with Gasteiger partial charge >= 0.3 is 6.03 Å². The Morgan fingerprint density at radius 3 is 2.48 bits per heavy atom. The number of nitrogens with one attached hydrogen (secondary N) is 1. The number of nitrogens with zero attached hydrogens (tertiary/aromatic N) is 5. The molecule has 0 saturated carbocycles. The van der Waals surface area contributed by atoms with Crippen LogP contribution in [0.3, 0.4) is 0 Å². The molecule has 2 aromatic rings. The van der Waals surface area contributed by atoms with Crippen LogP contribution in [0, 0.1) is 0 Å². The molecule has 0 bridgehead atoms. The van der Waals surface area contributed by atoms with Crippen molar-refractivity contribution in [3.63, 3.8) is 0 Å². The van der Waals surface area contributed by atoms with Crippen LogP contribution >= 0.6 is 0 Å². The normalized spacial score (nSPS) is 17.1. The molecule has 1 aromatic heterocycles. The highest BCUT2D eigenvalue weighted by Gasteiger charge is 2.28. The quantitative estimate of drug-likeness (QED) is 0.524. The molecule has 3 aliphatic rings. The number of likely N-dealkylation sites (tertiary alicyclic amines) is 1. The lowest BCUT2D eigenvalue weighted by Crippen LogP contribution is -2.47. The van der Waals surface area contributed by atoms with Crippen molar-refractivity contribution >= 4 is 17.5 Å². The van der Waals surface area contributed by atoms with E-state index in [2.05, 4.69) is 20.1 Å². The number of hydrogen-bond acceptors (Lipinski definition) is 5. The third kappa shape index (κ3) is 5.83. The smallest absolute Gasteiger partial charge is 0.320 e. The number of aryl methyl sites for hydroxylation is 1. The maximum atomic E-state index is 13.5. The van der Waals surface area contributed by atoms with Gasteiger partial charge in [0.1, 0.15) is 11.6 Å². The summed E-state index contributed by atoms with van der Waals surface area (Å²) in [6, 6.07) is 3.94. The minimum Gasteiger partial charge on any atom is -0.496 e. The van der Waals surface area contributed by atoms with Gasteiger partial charge in [-0.25, -0.2) is 4.79 Å². The molecule has 4 heterocycles. The number of hydrogen-bond donors (Lipinski definition) is 1. The second-order valence-corrected chi connectivity index (χ2v) is 11.1. The monoisotopic (exact) mass is 544 g/mol. The van der Waals surface area contributed by atoms with Gasteiger partial charge in [0.05, 0.1) is 12.7 Å². The summed E-state index contributed by atoms with van der Waals surface area (Å²) in [4.78, 5) is 30.5. The Hall–Kier alpha value is -3.88. The molecule has 3 aliphatic heterocycles. The van der Waals surface area contributed by atoms with Gasteiger partial charge in [-0.1, -0.05) is 17.7 Å². The average Bonchev–Trinajstić information content (AvgIpc) is 3.60. The number of methoxy groups -OCH3 is 1. The first-order chi connectivity index (χ1) is 19.4. The maximum Gasteiger partial charge on any atom is 0.320 e. The van der Waals surface area contributed by atoms with Crippen LogP contribution in [0.4, 0.5) is 4.79 Å². The van der Waals surface area contributed by atoms with E-state index in [1.54, 1.807) is 7.11 Å². The van der Waals surface area contributed by atoms with Gasteiger partial charge in [-0.15, -0.1) is 10.2 Å². The van der Waals surface area contributed by atoms with Crippen LogP contribution in [0.15, 0.2) is 41.6 Å². The van der Waals surface area contributed by atoms with Crippen LogP contribution in [0.5, 0.6) is 5.75 Å². The van der Waals surface area contributed by atoms with E-state index in [1.807, 2.05) is 60.9 Å². The van der Waals surface area contributed by atoms with Crippen molar-refractivity contribution in [2.24, 2.45) is 0 Å². The lowest BCUT2D eigenvalue weighted by Gasteiger charge is -2.36. The molecule has 1 N–H and O–H groups in total. The van der Waals surface area contributed by atoms with Gasteiger partial charge in [0.15, 0.2) is 5.82 Å². The fourth-order valence-corrected chi connectivity index (χ4v) is 5.71. The Morgan fingerprint density at radius 2 is 1.73 bits per heavy atom. The summed E-state index contributed by atoms with van der Waals surface area (Å²) in [6.07, 6.45) is 12.0. The summed E-state index contributed by atoms with van der Waals surface area (Å²) < 4.78 is 7.80. The summed E-state index contributed by atoms with van der Waals surface area (Å²) in [6.45, 7) is 9.74. The van der Waals surface area contributed by atoms with Crippen LogP contribution in [0.1, 0.15) is 79.6 Å². The zero-order valence-electron chi connectivity index (χ0n) is 24.1. The largest absolute Gasteiger partial charge is 0.496 e. The minimum atomic E-state index is -0.240. The number of carbonyl (C=O) groups excluding carboxylic acids is 2. The highest BCUT2D eigenvalue weighted by molar-refractivity contribution is 5.98. The molecule has 0 radical (unpaired) electrons. The molecule has 3 amide bonds. The van der Waals surface area contributed by atoms with E-state index in [0.717, 1.165) is 91.4 Å². The molecule has 9 heteroatoms. The van der Waals surface area contributed by atoms with Crippen molar-refractivity contribution in [2.75, 3.05) is 26.7 Å². The van der Waals surface area contributed by atoms with E-state index in [-0.39, 0.29) is 11.9 Å². The van der Waals surface area contributed by atoms with Gasteiger partial charge in [-0.05, 0) is 87.8 Å². The first-order valence-electron chi connectivity index (χ1n) is 14.4. The number of piperidine rings is 1. The van der Waals surface area contributed by atoms with E-state index >= 15 is 0 Å². The fourth-order valence-electron chi connectivity index (χ4n) is 5.71. The molecule has 0 aliphatic carbocycles. The molecule has 9 nitrogen and oxygen atoms in total. The average molecular weight is 545 g/mol. The Morgan fingerprint density at radius 1 is 0.925 bits per heavy atom. The molecule has 1 aromatic carbocycles. The number of ether oxygens (including phenoxy) is 1. The molecule has 0 spiro atoms. The van der Waals surface area contributed by atoms with Gasteiger partial charge in [0, 0.05) is 44.8 Å². The number of aromatic nitrogens is 3. The van der Waals surface area contributed by atoms with Crippen molar-refractivity contribution in [2.45, 2.75) is 72.4 Å². The Balaban J connectivity index is 1.31. The van der Waals surface area contributed by atoms with Crippen LogP contribution in [0.2, 0.25) is 0 Å². The molecule has 212 valence electrons. The zero-order valence-corrected chi connectivity index (χ0v) is 24.1. The summed E-state index contributed by atoms with van der Waals surface area (Å²) in [7, 11) is 1.59. The molecule has 1 fully saturated rings. The molecule has 1 saturated heterocycles. The van der Waals surface area contributed by atoms with E-state index in [0.29, 0.717) is 24.4 Å². The predicted molar refractivity (Wildman–Crippen MR) is 155 cm³/mol. The number of amides is 3. The molecular weight excluding hydrogens is 504 g/mol. The van der Waals surface area contributed by atoms with Gasteiger partial charge in [-0.2, -0.15) is 0 Å². The second kappa shape index (κ2) is 12.1. The maximum absolute atomic E-state index is 13.5. The molecule has 5 rings (SSSR count). The van der Waals surface area contributed by atoms with Crippen LogP contribution in [-0.2, 0) is 25.9 Å². The van der Waals surface area contributed by atoms with Gasteiger partial charge in [0.25, 0.3) is 5.91 Å². The van der Waals surface area contributed by atoms with Crippen LogP contribution in [0.25, 0.3) is 5.57 Å². The number of benzene rings is 1. The van der Waals surface area contributed by atoms with E-state index < -0.39 is 0 Å². The summed E-state index contributed by atoms with van der Waals surface area (Å²) in [5, 5.41) is 11.7. The van der Waals surface area contributed by atoms with Gasteiger partial charge < -0.3 is 24.4 Å². The second-order valence-electron chi connectivity index (χ2n) is 11.1. The van der Waals surface area contributed by atoms with E-state index in [1.165, 1.54) is 6.42 Å². The molecule has 40 heavy (non-hydrogen) atoms. The van der Waals surface area contributed by atoms with Crippen molar-refractivity contribution in [3.8, 4) is 5.75 Å². The molecular formula is C31H40N6O3.